The highest BCUT2D eigenvalue weighted by molar-refractivity contribution is 7.13. The van der Waals surface area contributed by atoms with Crippen molar-refractivity contribution in [3.8, 4) is 0 Å². The molecule has 1 aliphatic heterocycles. The van der Waals surface area contributed by atoms with Gasteiger partial charge in [-0.2, -0.15) is 0 Å². The molecule has 3 heterocycles. The number of nitrogens with zero attached hydrogens (tertiary/aromatic N) is 3. The second-order valence-corrected chi connectivity index (χ2v) is 5.31. The van der Waals surface area contributed by atoms with E-state index < -0.39 is 0 Å². The SMILES string of the molecule is Nc1c[nH]c(C(=O)N2CCN(c3nccs3)CC2)c1. The molecule has 0 aromatic carbocycles. The average Bonchev–Trinajstić information content (AvgIpc) is 3.09. The van der Waals surface area contributed by atoms with Gasteiger partial charge in [0, 0.05) is 49.6 Å². The van der Waals surface area contributed by atoms with Crippen molar-refractivity contribution in [2.45, 2.75) is 0 Å². The average molecular weight is 277 g/mol. The molecular formula is C12H15N5OS. The molecule has 19 heavy (non-hydrogen) atoms. The van der Waals surface area contributed by atoms with Gasteiger partial charge in [-0.25, -0.2) is 4.98 Å². The van der Waals surface area contributed by atoms with Crippen LogP contribution >= 0.6 is 11.3 Å². The van der Waals surface area contributed by atoms with Gasteiger partial charge in [-0.15, -0.1) is 11.3 Å². The van der Waals surface area contributed by atoms with Crippen molar-refractivity contribution < 1.29 is 4.79 Å². The number of thiazole rings is 1. The van der Waals surface area contributed by atoms with Crippen molar-refractivity contribution in [1.29, 1.82) is 0 Å². The fraction of sp³-hybridized carbons (Fsp3) is 0.333. The fourth-order valence-corrected chi connectivity index (χ4v) is 2.87. The topological polar surface area (TPSA) is 78.2 Å². The van der Waals surface area contributed by atoms with Crippen molar-refractivity contribution in [2.24, 2.45) is 0 Å². The number of nitrogens with one attached hydrogen (secondary N) is 1. The third-order valence-corrected chi connectivity index (χ3v) is 4.02. The van der Waals surface area contributed by atoms with Crippen LogP contribution in [0.15, 0.2) is 23.8 Å². The molecule has 2 aromatic rings. The van der Waals surface area contributed by atoms with E-state index in [1.807, 2.05) is 10.3 Å². The highest BCUT2D eigenvalue weighted by atomic mass is 32.1. The summed E-state index contributed by atoms with van der Waals surface area (Å²) in [4.78, 5) is 23.5. The second-order valence-electron chi connectivity index (χ2n) is 4.44. The van der Waals surface area contributed by atoms with E-state index in [0.29, 0.717) is 24.5 Å². The number of rotatable bonds is 2. The summed E-state index contributed by atoms with van der Waals surface area (Å²) in [5, 5.41) is 2.99. The summed E-state index contributed by atoms with van der Waals surface area (Å²) in [6.07, 6.45) is 3.44. The van der Waals surface area contributed by atoms with Crippen molar-refractivity contribution in [1.82, 2.24) is 14.9 Å². The molecule has 1 fully saturated rings. The maximum absolute atomic E-state index is 12.2. The Hall–Kier alpha value is -2.02. The Bertz CT molecular complexity index is 556. The lowest BCUT2D eigenvalue weighted by atomic mass is 10.3. The number of carbonyl (C=O) groups is 1. The molecule has 0 bridgehead atoms. The zero-order valence-corrected chi connectivity index (χ0v) is 11.2. The van der Waals surface area contributed by atoms with Crippen LogP contribution in [0.2, 0.25) is 0 Å². The van der Waals surface area contributed by atoms with E-state index in [9.17, 15) is 4.79 Å². The minimum atomic E-state index is 0.00971. The first-order chi connectivity index (χ1) is 9.24. The van der Waals surface area contributed by atoms with Crippen LogP contribution in [-0.4, -0.2) is 47.0 Å². The maximum atomic E-state index is 12.2. The third kappa shape index (κ3) is 2.41. The number of hydrogen-bond acceptors (Lipinski definition) is 5. The number of hydrogen-bond donors (Lipinski definition) is 2. The molecule has 3 N–H and O–H groups in total. The standard InChI is InChI=1S/C12H15N5OS/c13-9-7-10(15-8-9)11(18)16-2-4-17(5-3-16)12-14-1-6-19-12/h1,6-8,15H,2-5,13H2. The van der Waals surface area contributed by atoms with Crippen LogP contribution in [0, 0.1) is 0 Å². The monoisotopic (exact) mass is 277 g/mol. The van der Waals surface area contributed by atoms with Gasteiger partial charge < -0.3 is 20.5 Å². The van der Waals surface area contributed by atoms with Crippen molar-refractivity contribution >= 4 is 28.1 Å². The summed E-state index contributed by atoms with van der Waals surface area (Å²) >= 11 is 1.63. The first kappa shape index (κ1) is 12.0. The van der Waals surface area contributed by atoms with Gasteiger partial charge in [0.1, 0.15) is 5.69 Å². The summed E-state index contributed by atoms with van der Waals surface area (Å²) in [6.45, 7) is 3.04. The lowest BCUT2D eigenvalue weighted by molar-refractivity contribution is 0.0741. The van der Waals surface area contributed by atoms with Gasteiger partial charge in [0.05, 0.1) is 0 Å². The Labute approximate surface area is 114 Å². The highest BCUT2D eigenvalue weighted by Gasteiger charge is 2.23. The number of anilines is 2. The van der Waals surface area contributed by atoms with E-state index in [1.165, 1.54) is 0 Å². The van der Waals surface area contributed by atoms with E-state index in [4.69, 9.17) is 5.73 Å². The third-order valence-electron chi connectivity index (χ3n) is 3.19. The normalized spacial score (nSPS) is 15.8. The molecule has 2 aromatic heterocycles. The van der Waals surface area contributed by atoms with E-state index in [-0.39, 0.29) is 5.91 Å². The van der Waals surface area contributed by atoms with Crippen LogP contribution in [0.3, 0.4) is 0 Å². The number of piperazine rings is 1. The fourth-order valence-electron chi connectivity index (χ4n) is 2.18. The summed E-state index contributed by atoms with van der Waals surface area (Å²) in [6, 6.07) is 1.68. The Morgan fingerprint density at radius 3 is 2.74 bits per heavy atom. The lowest BCUT2D eigenvalue weighted by Gasteiger charge is -2.34. The van der Waals surface area contributed by atoms with Gasteiger partial charge in [0.25, 0.3) is 5.91 Å². The summed E-state index contributed by atoms with van der Waals surface area (Å²) in [5.74, 6) is 0.00971. The molecule has 0 saturated carbocycles. The first-order valence-corrected chi connectivity index (χ1v) is 6.99. The van der Waals surface area contributed by atoms with Crippen LogP contribution in [0.1, 0.15) is 10.5 Å². The quantitative estimate of drug-likeness (QED) is 0.859. The summed E-state index contributed by atoms with van der Waals surface area (Å²) < 4.78 is 0. The molecule has 1 saturated heterocycles. The zero-order valence-electron chi connectivity index (χ0n) is 10.4. The number of amides is 1. The van der Waals surface area contributed by atoms with Crippen LogP contribution in [0.25, 0.3) is 0 Å². The Balaban J connectivity index is 1.62. The van der Waals surface area contributed by atoms with E-state index >= 15 is 0 Å². The Morgan fingerprint density at radius 2 is 2.16 bits per heavy atom. The molecule has 1 aliphatic rings. The van der Waals surface area contributed by atoms with Gasteiger partial charge in [0.15, 0.2) is 5.13 Å². The minimum Gasteiger partial charge on any atom is -0.397 e. The molecule has 0 radical (unpaired) electrons. The van der Waals surface area contributed by atoms with Crippen molar-refractivity contribution in [3.63, 3.8) is 0 Å². The van der Waals surface area contributed by atoms with Gasteiger partial charge in [-0.1, -0.05) is 0 Å². The number of H-pyrrole nitrogens is 1. The molecule has 0 aliphatic carbocycles. The number of carbonyl (C=O) groups excluding carboxylic acids is 1. The summed E-state index contributed by atoms with van der Waals surface area (Å²) in [5.41, 5.74) is 6.76. The minimum absolute atomic E-state index is 0.00971. The number of aromatic amines is 1. The van der Waals surface area contributed by atoms with E-state index in [2.05, 4.69) is 14.9 Å². The molecule has 1 amide bonds. The highest BCUT2D eigenvalue weighted by Crippen LogP contribution is 2.19. The molecule has 100 valence electrons. The van der Waals surface area contributed by atoms with Crippen LogP contribution in [-0.2, 0) is 0 Å². The van der Waals surface area contributed by atoms with Gasteiger partial charge in [-0.05, 0) is 6.07 Å². The van der Waals surface area contributed by atoms with Crippen LogP contribution in [0.4, 0.5) is 10.8 Å². The number of aromatic nitrogens is 2. The largest absolute Gasteiger partial charge is 0.397 e. The predicted octanol–water partition coefficient (Wildman–Crippen LogP) is 1.02. The molecule has 6 nitrogen and oxygen atoms in total. The Kier molecular flexibility index (Phi) is 3.12. The van der Waals surface area contributed by atoms with Gasteiger partial charge >= 0.3 is 0 Å². The summed E-state index contributed by atoms with van der Waals surface area (Å²) in [7, 11) is 0. The molecule has 0 unspecified atom stereocenters. The smallest absolute Gasteiger partial charge is 0.270 e. The molecule has 0 atom stereocenters. The molecule has 7 heteroatoms. The molecule has 3 rings (SSSR count). The first-order valence-electron chi connectivity index (χ1n) is 6.11. The molecule has 0 spiro atoms. The Morgan fingerprint density at radius 1 is 1.37 bits per heavy atom. The number of nitrogens with two attached hydrogens (primary N) is 1. The lowest BCUT2D eigenvalue weighted by Crippen LogP contribution is -2.48. The maximum Gasteiger partial charge on any atom is 0.270 e. The van der Waals surface area contributed by atoms with E-state index in [0.717, 1.165) is 18.2 Å². The van der Waals surface area contributed by atoms with Crippen molar-refractivity contribution in [3.05, 3.63) is 29.5 Å². The van der Waals surface area contributed by atoms with Gasteiger partial charge in [-0.3, -0.25) is 4.79 Å². The van der Waals surface area contributed by atoms with Crippen molar-refractivity contribution in [2.75, 3.05) is 36.8 Å². The predicted molar refractivity (Wildman–Crippen MR) is 75.4 cm³/mol. The van der Waals surface area contributed by atoms with E-state index in [1.54, 1.807) is 29.8 Å². The number of nitrogen functional groups attached to an aromatic ring is 1. The molecular weight excluding hydrogens is 262 g/mol. The zero-order chi connectivity index (χ0) is 13.2. The van der Waals surface area contributed by atoms with Gasteiger partial charge in [0.2, 0.25) is 0 Å². The van der Waals surface area contributed by atoms with Crippen LogP contribution < -0.4 is 10.6 Å². The van der Waals surface area contributed by atoms with Crippen LogP contribution in [0.5, 0.6) is 0 Å². The second kappa shape index (κ2) is 4.93.